The van der Waals surface area contributed by atoms with Crippen LogP contribution in [0.2, 0.25) is 10.0 Å². The largest absolute Gasteiger partial charge is 0.451 e. The second kappa shape index (κ2) is 12.5. The zero-order chi connectivity index (χ0) is 30.0. The van der Waals surface area contributed by atoms with Crippen LogP contribution in [0.5, 0.6) is 0 Å². The van der Waals surface area contributed by atoms with Crippen molar-refractivity contribution in [2.75, 3.05) is 12.3 Å². The molecule has 9 nitrogen and oxygen atoms in total. The van der Waals surface area contributed by atoms with Crippen LogP contribution in [0, 0.1) is 0 Å². The second-order valence-electron chi connectivity index (χ2n) is 9.80. The number of carbonyl (C=O) groups is 4. The number of benzene rings is 3. The van der Waals surface area contributed by atoms with Crippen molar-refractivity contribution in [1.82, 2.24) is 14.5 Å². The van der Waals surface area contributed by atoms with Crippen LogP contribution in [0.3, 0.4) is 0 Å². The first kappa shape index (κ1) is 30.1. The number of rotatable bonds is 8. The third-order valence-electron chi connectivity index (χ3n) is 6.89. The Morgan fingerprint density at radius 3 is 2.26 bits per heavy atom. The van der Waals surface area contributed by atoms with E-state index >= 15 is 0 Å². The number of nitrogens with one attached hydrogen (secondary N) is 1. The van der Waals surface area contributed by atoms with Crippen LogP contribution in [-0.4, -0.2) is 62.3 Å². The topological polar surface area (TPSA) is 122 Å². The summed E-state index contributed by atoms with van der Waals surface area (Å²) in [5.41, 5.74) is 5.37. The molecule has 2 fully saturated rings. The van der Waals surface area contributed by atoms with E-state index in [2.05, 4.69) is 5.32 Å². The van der Waals surface area contributed by atoms with Gasteiger partial charge < -0.3 is 20.7 Å². The zero-order valence-corrected chi connectivity index (χ0v) is 25.4. The molecular formula is C29H26Cl2N4O5S2. The van der Waals surface area contributed by atoms with Crippen LogP contribution in [-0.2, 0) is 19.1 Å². The minimum atomic E-state index is -1.61. The van der Waals surface area contributed by atoms with Gasteiger partial charge in [-0.25, -0.2) is 9.59 Å². The first-order chi connectivity index (χ1) is 20.1. The van der Waals surface area contributed by atoms with Crippen molar-refractivity contribution in [3.8, 4) is 0 Å². The van der Waals surface area contributed by atoms with E-state index in [4.69, 9.17) is 33.7 Å². The Morgan fingerprint density at radius 2 is 1.69 bits per heavy atom. The van der Waals surface area contributed by atoms with E-state index in [0.29, 0.717) is 14.9 Å². The molecule has 4 amide bonds. The molecule has 0 radical (unpaired) electrons. The molecule has 0 aromatic heterocycles. The Hall–Kier alpha value is -3.38. The van der Waals surface area contributed by atoms with Gasteiger partial charge >= 0.3 is 12.0 Å². The molecule has 0 bridgehead atoms. The Balaban J connectivity index is 1.39. The summed E-state index contributed by atoms with van der Waals surface area (Å²) in [4.78, 5) is 54.2. The lowest BCUT2D eigenvalue weighted by atomic mass is 9.95. The lowest BCUT2D eigenvalue weighted by Crippen LogP contribution is -2.77. The molecule has 2 saturated heterocycles. The molecule has 5 rings (SSSR count). The van der Waals surface area contributed by atoms with Crippen molar-refractivity contribution in [2.45, 2.75) is 34.9 Å². The lowest BCUT2D eigenvalue weighted by Gasteiger charge is -2.55. The Morgan fingerprint density at radius 1 is 1.07 bits per heavy atom. The van der Waals surface area contributed by atoms with Gasteiger partial charge in [0.15, 0.2) is 17.7 Å². The molecule has 3 aromatic carbocycles. The highest BCUT2D eigenvalue weighted by Crippen LogP contribution is 2.45. The van der Waals surface area contributed by atoms with Crippen molar-refractivity contribution in [3.05, 3.63) is 100 Å². The smallest absolute Gasteiger partial charge is 0.335 e. The predicted molar refractivity (Wildman–Crippen MR) is 163 cm³/mol. The first-order valence-corrected chi connectivity index (χ1v) is 15.4. The minimum Gasteiger partial charge on any atom is -0.451 e. The molecule has 218 valence electrons. The average Bonchev–Trinajstić information content (AvgIpc) is 2.98. The number of fused-ring (bicyclic) bond motifs is 1. The summed E-state index contributed by atoms with van der Waals surface area (Å²) in [6, 6.07) is 21.5. The van der Waals surface area contributed by atoms with Crippen LogP contribution in [0.1, 0.15) is 24.2 Å². The summed E-state index contributed by atoms with van der Waals surface area (Å²) >= 11 is 14.7. The molecule has 0 saturated carbocycles. The van der Waals surface area contributed by atoms with Crippen LogP contribution in [0.4, 0.5) is 4.79 Å². The molecule has 3 N–H and O–H groups in total. The van der Waals surface area contributed by atoms with Crippen LogP contribution < -0.4 is 11.1 Å². The van der Waals surface area contributed by atoms with Gasteiger partial charge in [0.25, 0.3) is 5.91 Å². The summed E-state index contributed by atoms with van der Waals surface area (Å²) in [6.07, 6.45) is -0.763. The standard InChI is InChI=1S/C29H26Cl2N4O5S2/c1-17(36)35(42-22-14-20(30)12-13-21(22)31)23-25(37)34-15-29(33-28(32)39,16-41-26(23)34)27(38)40-24(18-8-4-2-5-9-18)19-10-6-3-7-11-19/h2-14,23-24,26H,15-16H2,1H3,(H3,32,33,39)/t23?,26-,29?/m1/s1. The van der Waals surface area contributed by atoms with Gasteiger partial charge in [0, 0.05) is 22.6 Å². The highest BCUT2D eigenvalue weighted by Gasteiger charge is 2.60. The van der Waals surface area contributed by atoms with E-state index in [9.17, 15) is 19.2 Å². The summed E-state index contributed by atoms with van der Waals surface area (Å²) in [5.74, 6) is -1.41. The highest BCUT2D eigenvalue weighted by atomic mass is 35.5. The van der Waals surface area contributed by atoms with Gasteiger partial charge in [0.1, 0.15) is 5.37 Å². The molecule has 3 aromatic rings. The number of carbonyl (C=O) groups excluding carboxylic acids is 4. The minimum absolute atomic E-state index is 0.0599. The number of hydrogen-bond acceptors (Lipinski definition) is 7. The van der Waals surface area contributed by atoms with Gasteiger partial charge in [-0.2, -0.15) is 0 Å². The fourth-order valence-corrected chi connectivity index (χ4v) is 7.94. The van der Waals surface area contributed by atoms with E-state index in [1.54, 1.807) is 18.2 Å². The molecule has 13 heteroatoms. The third kappa shape index (κ3) is 6.05. The summed E-state index contributed by atoms with van der Waals surface area (Å²) in [5, 5.41) is 2.91. The maximum absolute atomic E-state index is 13.9. The van der Waals surface area contributed by atoms with Crippen molar-refractivity contribution >= 4 is 70.7 Å². The van der Waals surface area contributed by atoms with E-state index < -0.39 is 35.1 Å². The molecule has 2 unspecified atom stereocenters. The highest BCUT2D eigenvalue weighted by molar-refractivity contribution is 8.00. The fraction of sp³-hybridized carbons (Fsp3) is 0.241. The molecule has 2 aliphatic heterocycles. The Bertz CT molecular complexity index is 1480. The number of primary amides is 1. The first-order valence-electron chi connectivity index (χ1n) is 12.8. The van der Waals surface area contributed by atoms with E-state index in [1.165, 1.54) is 27.9 Å². The number of halogens is 2. The molecule has 0 aliphatic carbocycles. The quantitative estimate of drug-likeness (QED) is 0.204. The maximum atomic E-state index is 13.9. The number of esters is 1. The number of thioether (sulfide) groups is 1. The normalized spacial score (nSPS) is 21.2. The number of ether oxygens (including phenoxy) is 1. The van der Waals surface area contributed by atoms with Gasteiger partial charge in [-0.05, 0) is 41.3 Å². The lowest BCUT2D eigenvalue weighted by molar-refractivity contribution is -0.163. The number of nitrogens with two attached hydrogens (primary N) is 1. The number of nitrogens with zero attached hydrogens (tertiary/aromatic N) is 2. The van der Waals surface area contributed by atoms with Crippen molar-refractivity contribution in [2.24, 2.45) is 5.73 Å². The van der Waals surface area contributed by atoms with Crippen LogP contribution in [0.25, 0.3) is 0 Å². The number of β-lactam (4-membered cyclic amide) rings is 1. The van der Waals surface area contributed by atoms with Gasteiger partial charge in [-0.3, -0.25) is 13.9 Å². The van der Waals surface area contributed by atoms with Crippen molar-refractivity contribution in [1.29, 1.82) is 0 Å². The molecule has 2 aliphatic rings. The summed E-state index contributed by atoms with van der Waals surface area (Å²) in [7, 11) is 0. The number of urea groups is 1. The van der Waals surface area contributed by atoms with Crippen LogP contribution >= 0.6 is 46.9 Å². The Kier molecular flexibility index (Phi) is 8.93. The van der Waals surface area contributed by atoms with E-state index in [1.807, 2.05) is 60.7 Å². The average molecular weight is 646 g/mol. The fourth-order valence-electron chi connectivity index (χ4n) is 4.89. The molecule has 42 heavy (non-hydrogen) atoms. The summed E-state index contributed by atoms with van der Waals surface area (Å²) < 4.78 is 7.43. The van der Waals surface area contributed by atoms with Crippen molar-refractivity contribution in [3.63, 3.8) is 0 Å². The number of amides is 4. The van der Waals surface area contributed by atoms with Crippen molar-refractivity contribution < 1.29 is 23.9 Å². The SMILES string of the molecule is CC(=O)N(Sc1cc(Cl)ccc1Cl)C1C(=O)N2CC(NC(N)=O)(C(=O)OC(c3ccccc3)c3ccccc3)CS[C@H]12. The van der Waals surface area contributed by atoms with Crippen LogP contribution in [0.15, 0.2) is 83.8 Å². The predicted octanol–water partition coefficient (Wildman–Crippen LogP) is 4.87. The van der Waals surface area contributed by atoms with Gasteiger partial charge in [0.05, 0.1) is 11.6 Å². The maximum Gasteiger partial charge on any atom is 0.335 e. The Labute approximate surface area is 261 Å². The number of hydrogen-bond donors (Lipinski definition) is 2. The third-order valence-corrected chi connectivity index (χ3v) is 10.3. The van der Waals surface area contributed by atoms with Gasteiger partial charge in [0.2, 0.25) is 5.91 Å². The van der Waals surface area contributed by atoms with Gasteiger partial charge in [-0.15, -0.1) is 11.8 Å². The molecule has 2 heterocycles. The molecule has 3 atom stereocenters. The zero-order valence-electron chi connectivity index (χ0n) is 22.2. The van der Waals surface area contributed by atoms with Gasteiger partial charge in [-0.1, -0.05) is 83.9 Å². The molecule has 0 spiro atoms. The monoisotopic (exact) mass is 644 g/mol. The molecular weight excluding hydrogens is 619 g/mol. The second-order valence-corrected chi connectivity index (χ2v) is 12.8. The van der Waals surface area contributed by atoms with E-state index in [-0.39, 0.29) is 24.1 Å². The summed E-state index contributed by atoms with van der Waals surface area (Å²) in [6.45, 7) is 1.19. The van der Waals surface area contributed by atoms with E-state index in [0.717, 1.165) is 23.1 Å².